The summed E-state index contributed by atoms with van der Waals surface area (Å²) < 4.78 is 0. The van der Waals surface area contributed by atoms with Gasteiger partial charge in [-0.15, -0.1) is 11.3 Å². The van der Waals surface area contributed by atoms with Crippen LogP contribution >= 0.6 is 11.3 Å². The minimum absolute atomic E-state index is 0.0726. The number of carbonyl (C=O) groups excluding carboxylic acids is 1. The van der Waals surface area contributed by atoms with Crippen molar-refractivity contribution in [2.24, 2.45) is 5.41 Å². The molecule has 2 aliphatic carbocycles. The molecule has 1 fully saturated rings. The van der Waals surface area contributed by atoms with Crippen LogP contribution in [0.15, 0.2) is 11.4 Å². The summed E-state index contributed by atoms with van der Waals surface area (Å²) in [5, 5.41) is 14.4. The Morgan fingerprint density at radius 1 is 1.40 bits per heavy atom. The number of hydrogen-bond donors (Lipinski definition) is 2. The van der Waals surface area contributed by atoms with E-state index in [9.17, 15) is 14.7 Å². The van der Waals surface area contributed by atoms with E-state index in [4.69, 9.17) is 0 Å². The lowest BCUT2D eigenvalue weighted by Crippen LogP contribution is -2.43. The standard InChI is InChI=1S/C15H19NO3S/c17-13(9-15(14(18)19)6-2-7-15)16-11-3-1-4-12-10(11)5-8-20-12/h5,8,11H,1-4,6-7,9H2,(H,16,17)(H,18,19). The topological polar surface area (TPSA) is 66.4 Å². The predicted molar refractivity (Wildman–Crippen MR) is 76.7 cm³/mol. The number of carboxylic acid groups (broad SMARTS) is 1. The monoisotopic (exact) mass is 293 g/mol. The summed E-state index contributed by atoms with van der Waals surface area (Å²) in [4.78, 5) is 24.9. The molecule has 3 rings (SSSR count). The average molecular weight is 293 g/mol. The zero-order chi connectivity index (χ0) is 14.2. The Labute approximate surface area is 122 Å². The molecule has 0 aliphatic heterocycles. The second-order valence-corrected chi connectivity index (χ2v) is 6.93. The number of amides is 1. The van der Waals surface area contributed by atoms with Crippen LogP contribution in [0.2, 0.25) is 0 Å². The van der Waals surface area contributed by atoms with Crippen molar-refractivity contribution in [3.8, 4) is 0 Å². The highest BCUT2D eigenvalue weighted by Gasteiger charge is 2.46. The lowest BCUT2D eigenvalue weighted by molar-refractivity contribution is -0.157. The van der Waals surface area contributed by atoms with E-state index in [2.05, 4.69) is 16.8 Å². The summed E-state index contributed by atoms with van der Waals surface area (Å²) in [5.41, 5.74) is 0.434. The van der Waals surface area contributed by atoms with Gasteiger partial charge in [-0.1, -0.05) is 6.42 Å². The number of carbonyl (C=O) groups is 2. The maximum Gasteiger partial charge on any atom is 0.310 e. The molecule has 2 aliphatic rings. The number of carboxylic acids is 1. The second-order valence-electron chi connectivity index (χ2n) is 5.93. The first kappa shape index (κ1) is 13.6. The molecule has 1 amide bonds. The first-order chi connectivity index (χ1) is 9.61. The van der Waals surface area contributed by atoms with Gasteiger partial charge >= 0.3 is 5.97 Å². The molecule has 20 heavy (non-hydrogen) atoms. The maximum atomic E-state index is 12.2. The number of nitrogens with one attached hydrogen (secondary N) is 1. The molecule has 0 radical (unpaired) electrons. The van der Waals surface area contributed by atoms with E-state index in [1.54, 1.807) is 11.3 Å². The Hall–Kier alpha value is -1.36. The van der Waals surface area contributed by atoms with Crippen LogP contribution in [-0.4, -0.2) is 17.0 Å². The number of aryl methyl sites for hydroxylation is 1. The smallest absolute Gasteiger partial charge is 0.310 e. The molecule has 1 heterocycles. The first-order valence-corrected chi connectivity index (χ1v) is 8.08. The highest BCUT2D eigenvalue weighted by atomic mass is 32.1. The van der Waals surface area contributed by atoms with Gasteiger partial charge in [-0.05, 0) is 49.1 Å². The molecule has 1 aromatic rings. The Bertz CT molecular complexity index is 533. The van der Waals surface area contributed by atoms with Gasteiger partial charge in [0.1, 0.15) is 0 Å². The number of thiophene rings is 1. The van der Waals surface area contributed by atoms with Gasteiger partial charge in [0, 0.05) is 11.3 Å². The van der Waals surface area contributed by atoms with Gasteiger partial charge in [-0.3, -0.25) is 9.59 Å². The van der Waals surface area contributed by atoms with Gasteiger partial charge in [0.2, 0.25) is 5.91 Å². The fraction of sp³-hybridized carbons (Fsp3) is 0.600. The summed E-state index contributed by atoms with van der Waals surface area (Å²) in [6, 6.07) is 2.16. The Morgan fingerprint density at radius 2 is 2.20 bits per heavy atom. The summed E-state index contributed by atoms with van der Waals surface area (Å²) in [5.74, 6) is -0.935. The molecule has 1 aromatic heterocycles. The van der Waals surface area contributed by atoms with Crippen molar-refractivity contribution in [1.29, 1.82) is 0 Å². The third-order valence-electron chi connectivity index (χ3n) is 4.65. The molecule has 0 aromatic carbocycles. The first-order valence-electron chi connectivity index (χ1n) is 7.20. The summed E-state index contributed by atoms with van der Waals surface area (Å²) in [6.07, 6.45) is 5.43. The lowest BCUT2D eigenvalue weighted by Gasteiger charge is -2.37. The van der Waals surface area contributed by atoms with E-state index in [1.165, 1.54) is 10.4 Å². The molecule has 4 nitrogen and oxygen atoms in total. The molecule has 108 valence electrons. The molecule has 0 spiro atoms. The zero-order valence-electron chi connectivity index (χ0n) is 11.4. The SMILES string of the molecule is O=C(CC1(C(=O)O)CCC1)NC1CCCc2sccc21. The predicted octanol–water partition coefficient (Wildman–Crippen LogP) is 2.89. The van der Waals surface area contributed by atoms with Crippen LogP contribution in [0.25, 0.3) is 0 Å². The number of fused-ring (bicyclic) bond motifs is 1. The van der Waals surface area contributed by atoms with Crippen molar-refractivity contribution in [1.82, 2.24) is 5.32 Å². The molecule has 1 atom stereocenters. The van der Waals surface area contributed by atoms with Crippen molar-refractivity contribution >= 4 is 23.2 Å². The molecule has 0 bridgehead atoms. The van der Waals surface area contributed by atoms with Crippen LogP contribution in [-0.2, 0) is 16.0 Å². The third kappa shape index (κ3) is 2.35. The van der Waals surface area contributed by atoms with Gasteiger partial charge in [-0.2, -0.15) is 0 Å². The fourth-order valence-electron chi connectivity index (χ4n) is 3.26. The van der Waals surface area contributed by atoms with Crippen molar-refractivity contribution in [3.63, 3.8) is 0 Å². The molecular formula is C15H19NO3S. The lowest BCUT2D eigenvalue weighted by atomic mass is 9.66. The fourth-order valence-corrected chi connectivity index (χ4v) is 4.25. The van der Waals surface area contributed by atoms with Crippen LogP contribution < -0.4 is 5.32 Å². The zero-order valence-corrected chi connectivity index (χ0v) is 12.2. The van der Waals surface area contributed by atoms with Gasteiger partial charge in [0.15, 0.2) is 0 Å². The minimum atomic E-state index is -0.821. The summed E-state index contributed by atoms with van der Waals surface area (Å²) in [7, 11) is 0. The normalized spacial score (nSPS) is 23.5. The molecule has 5 heteroatoms. The van der Waals surface area contributed by atoms with E-state index < -0.39 is 11.4 Å². The molecule has 1 saturated carbocycles. The van der Waals surface area contributed by atoms with Crippen molar-refractivity contribution in [3.05, 3.63) is 21.9 Å². The van der Waals surface area contributed by atoms with Gasteiger partial charge in [0.25, 0.3) is 0 Å². The summed E-state index contributed by atoms with van der Waals surface area (Å²) >= 11 is 1.74. The van der Waals surface area contributed by atoms with E-state index >= 15 is 0 Å². The third-order valence-corrected chi connectivity index (χ3v) is 5.65. The van der Waals surface area contributed by atoms with Gasteiger partial charge < -0.3 is 10.4 Å². The van der Waals surface area contributed by atoms with Crippen molar-refractivity contribution < 1.29 is 14.7 Å². The van der Waals surface area contributed by atoms with E-state index in [0.717, 1.165) is 25.7 Å². The molecule has 2 N–H and O–H groups in total. The van der Waals surface area contributed by atoms with Crippen molar-refractivity contribution in [2.45, 2.75) is 51.0 Å². The highest BCUT2D eigenvalue weighted by molar-refractivity contribution is 7.10. The van der Waals surface area contributed by atoms with Gasteiger partial charge in [-0.25, -0.2) is 0 Å². The number of hydrogen-bond acceptors (Lipinski definition) is 3. The van der Waals surface area contributed by atoms with E-state index in [1.807, 2.05) is 0 Å². The molecule has 0 saturated heterocycles. The van der Waals surface area contributed by atoms with E-state index in [0.29, 0.717) is 12.8 Å². The Kier molecular flexibility index (Phi) is 3.54. The second kappa shape index (κ2) is 5.20. The summed E-state index contributed by atoms with van der Waals surface area (Å²) in [6.45, 7) is 0. The number of rotatable bonds is 4. The largest absolute Gasteiger partial charge is 0.481 e. The maximum absolute atomic E-state index is 12.2. The number of aliphatic carboxylic acids is 1. The Morgan fingerprint density at radius 3 is 2.85 bits per heavy atom. The van der Waals surface area contributed by atoms with Gasteiger partial charge in [0.05, 0.1) is 11.5 Å². The van der Waals surface area contributed by atoms with Crippen LogP contribution in [0.1, 0.15) is 55.0 Å². The average Bonchev–Trinajstić information content (AvgIpc) is 2.82. The van der Waals surface area contributed by atoms with E-state index in [-0.39, 0.29) is 18.4 Å². The minimum Gasteiger partial charge on any atom is -0.481 e. The van der Waals surface area contributed by atoms with Crippen LogP contribution in [0.3, 0.4) is 0 Å². The van der Waals surface area contributed by atoms with Crippen LogP contribution in [0.4, 0.5) is 0 Å². The van der Waals surface area contributed by atoms with Crippen LogP contribution in [0, 0.1) is 5.41 Å². The van der Waals surface area contributed by atoms with Crippen molar-refractivity contribution in [2.75, 3.05) is 0 Å². The highest BCUT2D eigenvalue weighted by Crippen LogP contribution is 2.44. The molecule has 1 unspecified atom stereocenters. The van der Waals surface area contributed by atoms with Crippen LogP contribution in [0.5, 0.6) is 0 Å². The Balaban J connectivity index is 1.65. The quantitative estimate of drug-likeness (QED) is 0.897. The molecular weight excluding hydrogens is 274 g/mol.